The van der Waals surface area contributed by atoms with Crippen molar-refractivity contribution in [2.45, 2.75) is 38.6 Å². The Hall–Kier alpha value is -1.46. The number of likely N-dealkylation sites (tertiary alicyclic amines) is 1. The zero-order chi connectivity index (χ0) is 15.2. The number of nitro benzene ring substituents is 1. The Labute approximate surface area is 126 Å². The molecule has 1 heterocycles. The van der Waals surface area contributed by atoms with Crippen molar-refractivity contribution in [2.24, 2.45) is 11.7 Å². The largest absolute Gasteiger partial charge is 0.330 e. The number of benzene rings is 1. The van der Waals surface area contributed by atoms with Crippen LogP contribution in [0.25, 0.3) is 0 Å². The van der Waals surface area contributed by atoms with Gasteiger partial charge in [0.1, 0.15) is 0 Å². The summed E-state index contributed by atoms with van der Waals surface area (Å²) in [5.74, 6) is 0.663. The van der Waals surface area contributed by atoms with Crippen molar-refractivity contribution in [3.63, 3.8) is 0 Å². The van der Waals surface area contributed by atoms with Crippen LogP contribution in [-0.2, 0) is 0 Å². The SMILES string of the molecule is CCC(c1cccc([N+](=O)[O-])c1)N1CCCC(CCN)C1. The Bertz CT molecular complexity index is 476. The van der Waals surface area contributed by atoms with Crippen LogP contribution in [0.5, 0.6) is 0 Å². The molecule has 116 valence electrons. The van der Waals surface area contributed by atoms with Gasteiger partial charge in [0.05, 0.1) is 4.92 Å². The van der Waals surface area contributed by atoms with E-state index in [-0.39, 0.29) is 16.7 Å². The molecular weight excluding hydrogens is 266 g/mol. The number of nitrogens with two attached hydrogens (primary N) is 1. The second-order valence-corrected chi connectivity index (χ2v) is 5.86. The smallest absolute Gasteiger partial charge is 0.269 e. The first-order valence-corrected chi connectivity index (χ1v) is 7.84. The molecule has 0 bridgehead atoms. The minimum absolute atomic E-state index is 0.182. The predicted molar refractivity (Wildman–Crippen MR) is 84.1 cm³/mol. The second-order valence-electron chi connectivity index (χ2n) is 5.86. The molecule has 0 radical (unpaired) electrons. The first kappa shape index (κ1) is 15.9. The third-order valence-corrected chi connectivity index (χ3v) is 4.42. The Balaban J connectivity index is 2.15. The lowest BCUT2D eigenvalue weighted by atomic mass is 9.91. The van der Waals surface area contributed by atoms with Gasteiger partial charge in [-0.25, -0.2) is 0 Å². The van der Waals surface area contributed by atoms with Gasteiger partial charge in [0, 0.05) is 24.7 Å². The average molecular weight is 291 g/mol. The molecule has 2 unspecified atom stereocenters. The summed E-state index contributed by atoms with van der Waals surface area (Å²) in [6.07, 6.45) is 4.48. The highest BCUT2D eigenvalue weighted by Crippen LogP contribution is 2.31. The van der Waals surface area contributed by atoms with Crippen LogP contribution >= 0.6 is 0 Å². The molecule has 0 aliphatic carbocycles. The van der Waals surface area contributed by atoms with Crippen molar-refractivity contribution in [3.8, 4) is 0 Å². The quantitative estimate of drug-likeness (QED) is 0.645. The van der Waals surface area contributed by atoms with E-state index in [1.54, 1.807) is 18.2 Å². The zero-order valence-electron chi connectivity index (χ0n) is 12.7. The lowest BCUT2D eigenvalue weighted by molar-refractivity contribution is -0.385. The fraction of sp³-hybridized carbons (Fsp3) is 0.625. The molecule has 0 saturated carbocycles. The van der Waals surface area contributed by atoms with Crippen molar-refractivity contribution < 1.29 is 4.92 Å². The lowest BCUT2D eigenvalue weighted by Gasteiger charge is -2.38. The number of rotatable bonds is 6. The van der Waals surface area contributed by atoms with Gasteiger partial charge in [0.25, 0.3) is 5.69 Å². The van der Waals surface area contributed by atoms with Gasteiger partial charge in [-0.05, 0) is 50.3 Å². The van der Waals surface area contributed by atoms with Crippen LogP contribution in [0, 0.1) is 16.0 Å². The highest BCUT2D eigenvalue weighted by atomic mass is 16.6. The molecule has 2 atom stereocenters. The number of hydrogen-bond donors (Lipinski definition) is 1. The molecule has 5 nitrogen and oxygen atoms in total. The van der Waals surface area contributed by atoms with E-state index in [0.717, 1.165) is 38.0 Å². The Morgan fingerprint density at radius 1 is 1.52 bits per heavy atom. The molecular formula is C16H25N3O2. The van der Waals surface area contributed by atoms with Crippen LogP contribution < -0.4 is 5.73 Å². The van der Waals surface area contributed by atoms with Crippen molar-refractivity contribution in [1.82, 2.24) is 4.90 Å². The van der Waals surface area contributed by atoms with Gasteiger partial charge in [0.15, 0.2) is 0 Å². The number of non-ortho nitro benzene ring substituents is 1. The fourth-order valence-corrected chi connectivity index (χ4v) is 3.40. The predicted octanol–water partition coefficient (Wildman–Crippen LogP) is 3.11. The topological polar surface area (TPSA) is 72.4 Å². The summed E-state index contributed by atoms with van der Waals surface area (Å²) in [4.78, 5) is 13.1. The highest BCUT2D eigenvalue weighted by Gasteiger charge is 2.26. The summed E-state index contributed by atoms with van der Waals surface area (Å²) in [6.45, 7) is 5.02. The van der Waals surface area contributed by atoms with Gasteiger partial charge in [0.2, 0.25) is 0 Å². The molecule has 0 amide bonds. The van der Waals surface area contributed by atoms with Crippen LogP contribution in [0.3, 0.4) is 0 Å². The fourth-order valence-electron chi connectivity index (χ4n) is 3.40. The van der Waals surface area contributed by atoms with E-state index in [9.17, 15) is 10.1 Å². The summed E-state index contributed by atoms with van der Waals surface area (Å²) in [7, 11) is 0. The van der Waals surface area contributed by atoms with Gasteiger partial charge >= 0.3 is 0 Å². The first-order valence-electron chi connectivity index (χ1n) is 7.84. The molecule has 21 heavy (non-hydrogen) atoms. The normalized spacial score (nSPS) is 21.1. The Kier molecular flexibility index (Phi) is 5.70. The molecule has 1 aliphatic heterocycles. The molecule has 1 aromatic carbocycles. The second kappa shape index (κ2) is 7.52. The van der Waals surface area contributed by atoms with Crippen LogP contribution in [-0.4, -0.2) is 29.5 Å². The van der Waals surface area contributed by atoms with E-state index in [1.807, 2.05) is 6.07 Å². The van der Waals surface area contributed by atoms with Crippen LogP contribution in [0.1, 0.15) is 44.2 Å². The molecule has 0 spiro atoms. The summed E-state index contributed by atoms with van der Waals surface area (Å²) < 4.78 is 0. The van der Waals surface area contributed by atoms with E-state index in [0.29, 0.717) is 5.92 Å². The van der Waals surface area contributed by atoms with Gasteiger partial charge in [-0.15, -0.1) is 0 Å². The van der Waals surface area contributed by atoms with Gasteiger partial charge in [-0.3, -0.25) is 15.0 Å². The molecule has 1 saturated heterocycles. The molecule has 5 heteroatoms. The van der Waals surface area contributed by atoms with E-state index in [2.05, 4.69) is 11.8 Å². The van der Waals surface area contributed by atoms with Gasteiger partial charge in [-0.1, -0.05) is 19.1 Å². The highest BCUT2D eigenvalue weighted by molar-refractivity contribution is 5.35. The molecule has 2 rings (SSSR count). The average Bonchev–Trinajstić information content (AvgIpc) is 2.49. The first-order chi connectivity index (χ1) is 10.2. The van der Waals surface area contributed by atoms with E-state index < -0.39 is 0 Å². The molecule has 1 aliphatic rings. The minimum atomic E-state index is -0.316. The van der Waals surface area contributed by atoms with Crippen molar-refractivity contribution >= 4 is 5.69 Å². The van der Waals surface area contributed by atoms with Crippen molar-refractivity contribution in [3.05, 3.63) is 39.9 Å². The number of nitrogens with zero attached hydrogens (tertiary/aromatic N) is 2. The van der Waals surface area contributed by atoms with E-state index in [1.165, 1.54) is 12.8 Å². The van der Waals surface area contributed by atoms with Crippen LogP contribution in [0.15, 0.2) is 24.3 Å². The maximum atomic E-state index is 11.0. The third kappa shape index (κ3) is 4.02. The zero-order valence-corrected chi connectivity index (χ0v) is 12.7. The summed E-state index contributed by atoms with van der Waals surface area (Å²) in [5.41, 5.74) is 6.92. The van der Waals surface area contributed by atoms with Gasteiger partial charge in [-0.2, -0.15) is 0 Å². The van der Waals surface area contributed by atoms with Gasteiger partial charge < -0.3 is 5.73 Å². The van der Waals surface area contributed by atoms with Crippen LogP contribution in [0.2, 0.25) is 0 Å². The molecule has 2 N–H and O–H groups in total. The summed E-state index contributed by atoms with van der Waals surface area (Å²) >= 11 is 0. The molecule has 1 fully saturated rings. The Morgan fingerprint density at radius 2 is 2.33 bits per heavy atom. The third-order valence-electron chi connectivity index (χ3n) is 4.42. The molecule has 1 aromatic rings. The van der Waals surface area contributed by atoms with Crippen LogP contribution in [0.4, 0.5) is 5.69 Å². The van der Waals surface area contributed by atoms with E-state index >= 15 is 0 Å². The van der Waals surface area contributed by atoms with Crippen molar-refractivity contribution in [1.29, 1.82) is 0 Å². The standard InChI is InChI=1S/C16H25N3O2/c1-2-16(14-6-3-7-15(11-14)19(20)21)18-10-4-5-13(12-18)8-9-17/h3,6-7,11,13,16H,2,4-5,8-10,12,17H2,1H3. The maximum Gasteiger partial charge on any atom is 0.269 e. The lowest BCUT2D eigenvalue weighted by Crippen LogP contribution is -2.38. The van der Waals surface area contributed by atoms with E-state index in [4.69, 9.17) is 5.73 Å². The Morgan fingerprint density at radius 3 is 3.00 bits per heavy atom. The number of hydrogen-bond acceptors (Lipinski definition) is 4. The minimum Gasteiger partial charge on any atom is -0.330 e. The summed E-state index contributed by atoms with van der Waals surface area (Å²) in [5, 5.41) is 11.0. The maximum absolute atomic E-state index is 11.0. The number of piperidine rings is 1. The summed E-state index contributed by atoms with van der Waals surface area (Å²) in [6, 6.07) is 7.35. The van der Waals surface area contributed by atoms with Crippen molar-refractivity contribution in [2.75, 3.05) is 19.6 Å². The number of nitro groups is 1. The monoisotopic (exact) mass is 291 g/mol. The molecule has 0 aromatic heterocycles.